The quantitative estimate of drug-likeness (QED) is 0.905. The van der Waals surface area contributed by atoms with Crippen LogP contribution in [0.3, 0.4) is 0 Å². The Hall–Kier alpha value is -1.13. The predicted octanol–water partition coefficient (Wildman–Crippen LogP) is 2.37. The summed E-state index contributed by atoms with van der Waals surface area (Å²) < 4.78 is 5.68. The molecule has 0 radical (unpaired) electrons. The Bertz CT molecular complexity index is 379. The van der Waals surface area contributed by atoms with E-state index in [0.29, 0.717) is 12.1 Å². The van der Waals surface area contributed by atoms with E-state index >= 15 is 0 Å². The zero-order chi connectivity index (χ0) is 13.7. The second-order valence-corrected chi connectivity index (χ2v) is 5.20. The summed E-state index contributed by atoms with van der Waals surface area (Å²) in [5, 5.41) is 3.38. The van der Waals surface area contributed by atoms with E-state index in [2.05, 4.69) is 48.1 Å². The van der Waals surface area contributed by atoms with Gasteiger partial charge in [-0.3, -0.25) is 4.98 Å². The number of rotatable bonds is 4. The van der Waals surface area contributed by atoms with Crippen molar-refractivity contribution in [2.75, 3.05) is 31.1 Å². The Balaban J connectivity index is 2.04. The van der Waals surface area contributed by atoms with E-state index in [1.165, 1.54) is 5.69 Å². The molecule has 0 aliphatic carbocycles. The molecule has 0 amide bonds. The Morgan fingerprint density at radius 3 is 3.05 bits per heavy atom. The third-order valence-electron chi connectivity index (χ3n) is 3.54. The number of anilines is 1. The van der Waals surface area contributed by atoms with Crippen molar-refractivity contribution in [3.63, 3.8) is 0 Å². The number of nitrogens with one attached hydrogen (secondary N) is 1. The fourth-order valence-corrected chi connectivity index (χ4v) is 2.48. The molecular weight excluding hydrogens is 238 g/mol. The highest BCUT2D eigenvalue weighted by Crippen LogP contribution is 2.19. The first-order valence-corrected chi connectivity index (χ1v) is 7.26. The number of aromatic nitrogens is 1. The van der Waals surface area contributed by atoms with Crippen molar-refractivity contribution in [3.05, 3.63) is 24.0 Å². The van der Waals surface area contributed by atoms with Gasteiger partial charge in [-0.25, -0.2) is 0 Å². The van der Waals surface area contributed by atoms with Crippen LogP contribution < -0.4 is 10.2 Å². The molecule has 2 unspecified atom stereocenters. The summed E-state index contributed by atoms with van der Waals surface area (Å²) in [6.07, 6.45) is 3.36. The Morgan fingerprint density at radius 2 is 2.37 bits per heavy atom. The average Bonchev–Trinajstić information content (AvgIpc) is 2.64. The molecular formula is C15H25N3O. The summed E-state index contributed by atoms with van der Waals surface area (Å²) in [6, 6.07) is 4.61. The molecule has 0 saturated carbocycles. The van der Waals surface area contributed by atoms with Gasteiger partial charge in [-0.2, -0.15) is 0 Å². The summed E-state index contributed by atoms with van der Waals surface area (Å²) in [5.74, 6) is 0. The first-order valence-electron chi connectivity index (χ1n) is 7.26. The van der Waals surface area contributed by atoms with Gasteiger partial charge in [0.15, 0.2) is 0 Å². The Kier molecular flexibility index (Phi) is 5.16. The van der Waals surface area contributed by atoms with Gasteiger partial charge < -0.3 is 15.0 Å². The van der Waals surface area contributed by atoms with E-state index in [-0.39, 0.29) is 0 Å². The van der Waals surface area contributed by atoms with Gasteiger partial charge in [-0.15, -0.1) is 0 Å². The molecule has 1 fully saturated rings. The molecule has 1 aromatic heterocycles. The Morgan fingerprint density at radius 1 is 1.53 bits per heavy atom. The molecule has 1 N–H and O–H groups in total. The van der Waals surface area contributed by atoms with Crippen LogP contribution in [0.25, 0.3) is 0 Å². The van der Waals surface area contributed by atoms with Crippen molar-refractivity contribution >= 4 is 5.69 Å². The van der Waals surface area contributed by atoms with E-state index in [9.17, 15) is 0 Å². The number of pyridine rings is 1. The largest absolute Gasteiger partial charge is 0.377 e. The highest BCUT2D eigenvalue weighted by molar-refractivity contribution is 5.45. The van der Waals surface area contributed by atoms with Gasteiger partial charge in [0, 0.05) is 25.7 Å². The molecule has 2 atom stereocenters. The van der Waals surface area contributed by atoms with Crippen LogP contribution in [0.5, 0.6) is 0 Å². The number of ether oxygens (including phenoxy) is 1. The average molecular weight is 263 g/mol. The van der Waals surface area contributed by atoms with Gasteiger partial charge >= 0.3 is 0 Å². The van der Waals surface area contributed by atoms with Crippen LogP contribution in [-0.2, 0) is 4.74 Å². The van der Waals surface area contributed by atoms with E-state index in [4.69, 9.17) is 4.74 Å². The van der Waals surface area contributed by atoms with E-state index in [1.807, 2.05) is 6.20 Å². The molecule has 1 aromatic rings. The molecule has 19 heavy (non-hydrogen) atoms. The first kappa shape index (κ1) is 14.3. The molecule has 0 aromatic carbocycles. The van der Waals surface area contributed by atoms with Gasteiger partial charge in [0.2, 0.25) is 0 Å². The summed E-state index contributed by atoms with van der Waals surface area (Å²) in [4.78, 5) is 6.95. The van der Waals surface area contributed by atoms with Crippen LogP contribution in [0.4, 0.5) is 5.69 Å². The smallest absolute Gasteiger partial charge is 0.0721 e. The highest BCUT2D eigenvalue weighted by atomic mass is 16.5. The third kappa shape index (κ3) is 3.91. The highest BCUT2D eigenvalue weighted by Gasteiger charge is 2.16. The zero-order valence-electron chi connectivity index (χ0n) is 12.2. The minimum atomic E-state index is 0.294. The van der Waals surface area contributed by atoms with Crippen LogP contribution in [0.1, 0.15) is 38.9 Å². The second kappa shape index (κ2) is 6.87. The van der Waals surface area contributed by atoms with Crippen LogP contribution >= 0.6 is 0 Å². The lowest BCUT2D eigenvalue weighted by Gasteiger charge is -2.24. The van der Waals surface area contributed by atoms with E-state index in [0.717, 1.165) is 38.4 Å². The van der Waals surface area contributed by atoms with Crippen molar-refractivity contribution in [2.45, 2.75) is 39.3 Å². The molecule has 1 aliphatic rings. The molecule has 0 spiro atoms. The van der Waals surface area contributed by atoms with Crippen LogP contribution in [-0.4, -0.2) is 37.3 Å². The van der Waals surface area contributed by atoms with Crippen molar-refractivity contribution in [3.8, 4) is 0 Å². The first-order chi connectivity index (χ1) is 9.20. The fourth-order valence-electron chi connectivity index (χ4n) is 2.48. The maximum Gasteiger partial charge on any atom is 0.0721 e. The number of hydrogen-bond acceptors (Lipinski definition) is 4. The van der Waals surface area contributed by atoms with Gasteiger partial charge in [0.1, 0.15) is 0 Å². The lowest BCUT2D eigenvalue weighted by atomic mass is 10.2. The van der Waals surface area contributed by atoms with Gasteiger partial charge in [0.05, 0.1) is 23.7 Å². The summed E-state index contributed by atoms with van der Waals surface area (Å²) in [5.41, 5.74) is 2.30. The second-order valence-electron chi connectivity index (χ2n) is 5.20. The molecule has 106 valence electrons. The maximum atomic E-state index is 5.68. The SMILES string of the molecule is CCNC(C)c1ccc(N2CCCOC(C)C2)cn1. The predicted molar refractivity (Wildman–Crippen MR) is 78.6 cm³/mol. The van der Waals surface area contributed by atoms with Crippen LogP contribution in [0, 0.1) is 0 Å². The van der Waals surface area contributed by atoms with E-state index in [1.54, 1.807) is 0 Å². The standard InChI is InChI=1S/C15H25N3O/c1-4-16-13(3)15-7-6-14(10-17-15)18-8-5-9-19-12(2)11-18/h6-7,10,12-13,16H,4-5,8-9,11H2,1-3H3. The van der Waals surface area contributed by atoms with Crippen molar-refractivity contribution in [1.82, 2.24) is 10.3 Å². The summed E-state index contributed by atoms with van der Waals surface area (Å²) in [6.45, 7) is 10.2. The van der Waals surface area contributed by atoms with Gasteiger partial charge in [0.25, 0.3) is 0 Å². The Labute approximate surface area is 116 Å². The molecule has 0 bridgehead atoms. The van der Waals surface area contributed by atoms with E-state index < -0.39 is 0 Å². The number of hydrogen-bond donors (Lipinski definition) is 1. The van der Waals surface area contributed by atoms with Crippen LogP contribution in [0.2, 0.25) is 0 Å². The molecule has 1 aliphatic heterocycles. The summed E-state index contributed by atoms with van der Waals surface area (Å²) >= 11 is 0. The molecule has 2 heterocycles. The third-order valence-corrected chi connectivity index (χ3v) is 3.54. The van der Waals surface area contributed by atoms with Crippen LogP contribution in [0.15, 0.2) is 18.3 Å². The summed E-state index contributed by atoms with van der Waals surface area (Å²) in [7, 11) is 0. The lowest BCUT2D eigenvalue weighted by Crippen LogP contribution is -2.30. The van der Waals surface area contributed by atoms with Crippen molar-refractivity contribution in [2.24, 2.45) is 0 Å². The minimum Gasteiger partial charge on any atom is -0.377 e. The normalized spacial score (nSPS) is 22.1. The van der Waals surface area contributed by atoms with Gasteiger partial charge in [-0.1, -0.05) is 6.92 Å². The van der Waals surface area contributed by atoms with Crippen molar-refractivity contribution in [1.29, 1.82) is 0 Å². The monoisotopic (exact) mass is 263 g/mol. The molecule has 2 rings (SSSR count). The topological polar surface area (TPSA) is 37.4 Å². The minimum absolute atomic E-state index is 0.294. The number of nitrogens with zero attached hydrogens (tertiary/aromatic N) is 2. The molecule has 4 heteroatoms. The molecule has 1 saturated heterocycles. The fraction of sp³-hybridized carbons (Fsp3) is 0.667. The van der Waals surface area contributed by atoms with Crippen molar-refractivity contribution < 1.29 is 4.74 Å². The molecule has 4 nitrogen and oxygen atoms in total. The maximum absolute atomic E-state index is 5.68. The zero-order valence-corrected chi connectivity index (χ0v) is 12.2. The lowest BCUT2D eigenvalue weighted by molar-refractivity contribution is 0.0821. The van der Waals surface area contributed by atoms with Gasteiger partial charge in [-0.05, 0) is 38.9 Å².